The van der Waals surface area contributed by atoms with Crippen LogP contribution in [0.15, 0.2) is 18.2 Å². The van der Waals surface area contributed by atoms with Gasteiger partial charge in [0.1, 0.15) is 17.4 Å². The van der Waals surface area contributed by atoms with E-state index in [2.05, 4.69) is 9.97 Å². The van der Waals surface area contributed by atoms with Crippen LogP contribution in [0.5, 0.6) is 5.75 Å². The van der Waals surface area contributed by atoms with Gasteiger partial charge in [-0.2, -0.15) is 4.98 Å². The van der Waals surface area contributed by atoms with Crippen molar-refractivity contribution in [3.63, 3.8) is 0 Å². The quantitative estimate of drug-likeness (QED) is 0.905. The fraction of sp³-hybridized carbons (Fsp3) is 0.333. The molecule has 112 valence electrons. The van der Waals surface area contributed by atoms with Crippen LogP contribution < -0.4 is 10.6 Å². The van der Waals surface area contributed by atoms with Crippen molar-refractivity contribution in [1.29, 1.82) is 0 Å². The summed E-state index contributed by atoms with van der Waals surface area (Å²) in [4.78, 5) is 10.6. The van der Waals surface area contributed by atoms with E-state index in [1.54, 1.807) is 6.07 Å². The first kappa shape index (κ1) is 15.0. The van der Waals surface area contributed by atoms with Crippen LogP contribution in [0, 0.1) is 12.7 Å². The molecule has 0 aliphatic heterocycles. The predicted octanol–water partition coefficient (Wildman–Crippen LogP) is 2.73. The van der Waals surface area contributed by atoms with Crippen molar-refractivity contribution in [2.75, 3.05) is 23.7 Å². The molecule has 5 nitrogen and oxygen atoms in total. The van der Waals surface area contributed by atoms with Crippen molar-refractivity contribution in [2.24, 2.45) is 0 Å². The zero-order chi connectivity index (χ0) is 15.6. The molecule has 0 radical (unpaired) electrons. The molecule has 0 unspecified atom stereocenters. The minimum absolute atomic E-state index is 0.126. The lowest BCUT2D eigenvalue weighted by Crippen LogP contribution is -2.24. The van der Waals surface area contributed by atoms with Crippen molar-refractivity contribution < 1.29 is 9.50 Å². The van der Waals surface area contributed by atoms with E-state index in [-0.39, 0.29) is 11.3 Å². The van der Waals surface area contributed by atoms with E-state index in [0.717, 1.165) is 13.1 Å². The van der Waals surface area contributed by atoms with E-state index < -0.39 is 5.82 Å². The summed E-state index contributed by atoms with van der Waals surface area (Å²) < 4.78 is 13.4. The van der Waals surface area contributed by atoms with Gasteiger partial charge in [-0.15, -0.1) is 0 Å². The molecule has 0 aliphatic rings. The van der Waals surface area contributed by atoms with Crippen molar-refractivity contribution in [2.45, 2.75) is 20.8 Å². The van der Waals surface area contributed by atoms with Crippen LogP contribution >= 0.6 is 0 Å². The molecule has 0 aliphatic carbocycles. The molecule has 0 bridgehead atoms. The summed E-state index contributed by atoms with van der Waals surface area (Å²) in [5.74, 6) is 0.223. The fourth-order valence-corrected chi connectivity index (χ4v) is 2.12. The first-order chi connectivity index (χ1) is 9.97. The first-order valence-corrected chi connectivity index (χ1v) is 6.85. The minimum Gasteiger partial charge on any atom is -0.507 e. The Morgan fingerprint density at radius 2 is 1.90 bits per heavy atom. The number of nitrogens with zero attached hydrogens (tertiary/aromatic N) is 3. The third-order valence-corrected chi connectivity index (χ3v) is 3.42. The normalized spacial score (nSPS) is 10.7. The number of nitrogen functional groups attached to an aromatic ring is 1. The van der Waals surface area contributed by atoms with Crippen molar-refractivity contribution in [3.05, 3.63) is 29.6 Å². The van der Waals surface area contributed by atoms with Crippen LogP contribution in [0.4, 0.5) is 16.2 Å². The third-order valence-electron chi connectivity index (χ3n) is 3.42. The van der Waals surface area contributed by atoms with Gasteiger partial charge in [0.25, 0.3) is 0 Å². The number of benzene rings is 1. The fourth-order valence-electron chi connectivity index (χ4n) is 2.12. The van der Waals surface area contributed by atoms with E-state index in [0.29, 0.717) is 23.0 Å². The molecule has 0 atom stereocenters. The summed E-state index contributed by atoms with van der Waals surface area (Å²) in [6.07, 6.45) is 0. The summed E-state index contributed by atoms with van der Waals surface area (Å²) in [5, 5.41) is 10.1. The summed E-state index contributed by atoms with van der Waals surface area (Å²) in [6, 6.07) is 4.37. The summed E-state index contributed by atoms with van der Waals surface area (Å²) in [6.45, 7) is 7.00. The number of hydrogen-bond donors (Lipinski definition) is 2. The Balaban J connectivity index is 2.57. The topological polar surface area (TPSA) is 75.3 Å². The SMILES string of the molecule is CCN(CC)c1nc(N)cc(-c2ccc(F)c(C)c2O)n1. The molecule has 21 heavy (non-hydrogen) atoms. The van der Waals surface area contributed by atoms with E-state index in [4.69, 9.17) is 5.73 Å². The Labute approximate surface area is 123 Å². The van der Waals surface area contributed by atoms with Crippen LogP contribution in [-0.4, -0.2) is 28.2 Å². The highest BCUT2D eigenvalue weighted by molar-refractivity contribution is 5.71. The number of halogens is 1. The second kappa shape index (κ2) is 5.95. The maximum atomic E-state index is 13.4. The lowest BCUT2D eigenvalue weighted by Gasteiger charge is -2.19. The van der Waals surface area contributed by atoms with Gasteiger partial charge >= 0.3 is 0 Å². The number of anilines is 2. The number of aromatic nitrogens is 2. The summed E-state index contributed by atoms with van der Waals surface area (Å²) >= 11 is 0. The summed E-state index contributed by atoms with van der Waals surface area (Å²) in [7, 11) is 0. The zero-order valence-corrected chi connectivity index (χ0v) is 12.4. The molecule has 0 fully saturated rings. The second-order valence-corrected chi connectivity index (χ2v) is 4.72. The Hall–Kier alpha value is -2.37. The average molecular weight is 290 g/mol. The Kier molecular flexibility index (Phi) is 4.26. The standard InChI is InChI=1S/C15H19FN4O/c1-4-20(5-2)15-18-12(8-13(17)19-15)10-6-7-11(16)9(3)14(10)21/h6-8,21H,4-5H2,1-3H3,(H2,17,18,19). The Bertz CT molecular complexity index is 656. The Morgan fingerprint density at radius 1 is 1.24 bits per heavy atom. The molecular formula is C15H19FN4O. The molecule has 0 spiro atoms. The van der Waals surface area contributed by atoms with Gasteiger partial charge < -0.3 is 15.7 Å². The molecule has 0 saturated carbocycles. The smallest absolute Gasteiger partial charge is 0.227 e. The van der Waals surface area contributed by atoms with Crippen LogP contribution in [0.25, 0.3) is 11.3 Å². The number of phenolic OH excluding ortho intramolecular Hbond substituents is 1. The molecule has 0 saturated heterocycles. The lowest BCUT2D eigenvalue weighted by molar-refractivity contribution is 0.465. The van der Waals surface area contributed by atoms with Gasteiger partial charge in [-0.25, -0.2) is 9.37 Å². The number of hydrogen-bond acceptors (Lipinski definition) is 5. The van der Waals surface area contributed by atoms with Crippen LogP contribution in [-0.2, 0) is 0 Å². The molecule has 1 heterocycles. The van der Waals surface area contributed by atoms with Gasteiger partial charge in [0, 0.05) is 30.3 Å². The average Bonchev–Trinajstić information content (AvgIpc) is 2.45. The molecule has 1 aromatic carbocycles. The van der Waals surface area contributed by atoms with Crippen molar-refractivity contribution >= 4 is 11.8 Å². The molecular weight excluding hydrogens is 271 g/mol. The third kappa shape index (κ3) is 2.89. The van der Waals surface area contributed by atoms with Gasteiger partial charge in [0.15, 0.2) is 0 Å². The van der Waals surface area contributed by atoms with Crippen molar-refractivity contribution in [1.82, 2.24) is 9.97 Å². The van der Waals surface area contributed by atoms with Crippen LogP contribution in [0.1, 0.15) is 19.4 Å². The number of nitrogens with two attached hydrogens (primary N) is 1. The van der Waals surface area contributed by atoms with Gasteiger partial charge in [-0.3, -0.25) is 0 Å². The molecule has 2 aromatic rings. The van der Waals surface area contributed by atoms with Gasteiger partial charge in [-0.1, -0.05) is 0 Å². The van der Waals surface area contributed by atoms with E-state index in [1.165, 1.54) is 19.1 Å². The van der Waals surface area contributed by atoms with E-state index in [9.17, 15) is 9.50 Å². The zero-order valence-electron chi connectivity index (χ0n) is 12.4. The molecule has 1 aromatic heterocycles. The van der Waals surface area contributed by atoms with Gasteiger partial charge in [0.05, 0.1) is 5.69 Å². The number of aromatic hydroxyl groups is 1. The lowest BCUT2D eigenvalue weighted by atomic mass is 10.1. The van der Waals surface area contributed by atoms with Crippen LogP contribution in [0.3, 0.4) is 0 Å². The van der Waals surface area contributed by atoms with Crippen LogP contribution in [0.2, 0.25) is 0 Å². The van der Waals surface area contributed by atoms with E-state index >= 15 is 0 Å². The predicted molar refractivity (Wildman–Crippen MR) is 81.8 cm³/mol. The maximum Gasteiger partial charge on any atom is 0.227 e. The molecule has 6 heteroatoms. The molecule has 2 rings (SSSR count). The second-order valence-electron chi connectivity index (χ2n) is 4.72. The highest BCUT2D eigenvalue weighted by Crippen LogP contribution is 2.33. The van der Waals surface area contributed by atoms with Gasteiger partial charge in [-0.05, 0) is 32.9 Å². The Morgan fingerprint density at radius 3 is 2.52 bits per heavy atom. The number of rotatable bonds is 4. The monoisotopic (exact) mass is 290 g/mol. The maximum absolute atomic E-state index is 13.4. The summed E-state index contributed by atoms with van der Waals surface area (Å²) in [5.41, 5.74) is 6.94. The highest BCUT2D eigenvalue weighted by atomic mass is 19.1. The molecule has 3 N–H and O–H groups in total. The molecule has 0 amide bonds. The van der Waals surface area contributed by atoms with E-state index in [1.807, 2.05) is 18.7 Å². The number of phenols is 1. The highest BCUT2D eigenvalue weighted by Gasteiger charge is 2.15. The first-order valence-electron chi connectivity index (χ1n) is 6.85. The minimum atomic E-state index is -0.456. The van der Waals surface area contributed by atoms with Gasteiger partial charge in [0.2, 0.25) is 5.95 Å². The van der Waals surface area contributed by atoms with Crippen molar-refractivity contribution in [3.8, 4) is 17.0 Å². The largest absolute Gasteiger partial charge is 0.507 e.